The molecule has 7 nitrogen and oxygen atoms in total. The molecule has 3 rings (SSSR count). The molecule has 0 fully saturated rings. The van der Waals surface area contributed by atoms with Crippen LogP contribution < -0.4 is 10.1 Å². The third-order valence-corrected chi connectivity index (χ3v) is 7.37. The SMILES string of the molecule is CCN(CC)S(=O)(=O)c1ccc(OCC(=O)Nc2ccc(Cl)cc2C(=O)c2ccccc2)cc1. The number of ketones is 1. The van der Waals surface area contributed by atoms with Gasteiger partial charge in [0.1, 0.15) is 5.75 Å². The molecule has 0 saturated carbocycles. The zero-order valence-electron chi connectivity index (χ0n) is 18.8. The molecule has 178 valence electrons. The smallest absolute Gasteiger partial charge is 0.262 e. The van der Waals surface area contributed by atoms with E-state index in [1.807, 2.05) is 0 Å². The average molecular weight is 501 g/mol. The number of nitrogens with zero attached hydrogens (tertiary/aromatic N) is 1. The van der Waals surface area contributed by atoms with E-state index in [1.54, 1.807) is 56.3 Å². The van der Waals surface area contributed by atoms with Crippen molar-refractivity contribution in [2.75, 3.05) is 25.0 Å². The lowest BCUT2D eigenvalue weighted by Gasteiger charge is -2.18. The largest absolute Gasteiger partial charge is 0.484 e. The predicted molar refractivity (Wildman–Crippen MR) is 132 cm³/mol. The first-order valence-electron chi connectivity index (χ1n) is 10.7. The van der Waals surface area contributed by atoms with Gasteiger partial charge in [0, 0.05) is 29.2 Å². The fourth-order valence-corrected chi connectivity index (χ4v) is 4.94. The van der Waals surface area contributed by atoms with Crippen molar-refractivity contribution < 1.29 is 22.7 Å². The summed E-state index contributed by atoms with van der Waals surface area (Å²) >= 11 is 6.07. The molecule has 0 aliphatic carbocycles. The molecule has 1 amide bonds. The number of hydrogen-bond donors (Lipinski definition) is 1. The van der Waals surface area contributed by atoms with Crippen LogP contribution in [0.4, 0.5) is 5.69 Å². The maximum absolute atomic E-state index is 12.9. The Labute approximate surface area is 204 Å². The maximum Gasteiger partial charge on any atom is 0.262 e. The molecule has 9 heteroatoms. The van der Waals surface area contributed by atoms with E-state index in [2.05, 4.69) is 5.32 Å². The lowest BCUT2D eigenvalue weighted by Crippen LogP contribution is -2.30. The van der Waals surface area contributed by atoms with Crippen molar-refractivity contribution in [3.05, 3.63) is 88.9 Å². The minimum Gasteiger partial charge on any atom is -0.484 e. The van der Waals surface area contributed by atoms with Crippen LogP contribution in [-0.4, -0.2) is 44.1 Å². The Bertz CT molecular complexity index is 1260. The molecule has 0 bridgehead atoms. The van der Waals surface area contributed by atoms with E-state index in [0.717, 1.165) is 0 Å². The maximum atomic E-state index is 12.9. The first-order valence-corrected chi connectivity index (χ1v) is 12.5. The van der Waals surface area contributed by atoms with Crippen LogP contribution in [0.1, 0.15) is 29.8 Å². The van der Waals surface area contributed by atoms with E-state index in [-0.39, 0.29) is 22.8 Å². The quantitative estimate of drug-likeness (QED) is 0.410. The highest BCUT2D eigenvalue weighted by Crippen LogP contribution is 2.24. The molecule has 0 aliphatic rings. The molecule has 0 radical (unpaired) electrons. The van der Waals surface area contributed by atoms with Gasteiger partial charge in [-0.15, -0.1) is 0 Å². The van der Waals surface area contributed by atoms with Crippen molar-refractivity contribution >= 4 is 39.0 Å². The Hall–Kier alpha value is -3.20. The van der Waals surface area contributed by atoms with Crippen molar-refractivity contribution in [3.63, 3.8) is 0 Å². The molecular formula is C25H25ClN2O5S. The fraction of sp³-hybridized carbons (Fsp3) is 0.200. The molecule has 0 aliphatic heterocycles. The van der Waals surface area contributed by atoms with Crippen LogP contribution in [0.15, 0.2) is 77.7 Å². The zero-order chi connectivity index (χ0) is 24.7. The Morgan fingerprint density at radius 3 is 2.21 bits per heavy atom. The summed E-state index contributed by atoms with van der Waals surface area (Å²) in [5.41, 5.74) is 1.04. The van der Waals surface area contributed by atoms with E-state index < -0.39 is 15.9 Å². The van der Waals surface area contributed by atoms with Gasteiger partial charge in [-0.2, -0.15) is 4.31 Å². The number of amides is 1. The van der Waals surface area contributed by atoms with Crippen LogP contribution in [0.5, 0.6) is 5.75 Å². The first-order chi connectivity index (χ1) is 16.3. The topological polar surface area (TPSA) is 92.8 Å². The first kappa shape index (κ1) is 25.4. The third-order valence-electron chi connectivity index (χ3n) is 5.07. The molecule has 3 aromatic carbocycles. The van der Waals surface area contributed by atoms with Gasteiger partial charge in [-0.1, -0.05) is 55.8 Å². The van der Waals surface area contributed by atoms with Gasteiger partial charge in [0.15, 0.2) is 12.4 Å². The van der Waals surface area contributed by atoms with Crippen molar-refractivity contribution in [3.8, 4) is 5.75 Å². The minimum absolute atomic E-state index is 0.151. The summed E-state index contributed by atoms with van der Waals surface area (Å²) in [6.45, 7) is 3.96. The highest BCUT2D eigenvalue weighted by molar-refractivity contribution is 7.89. The second-order valence-corrected chi connectivity index (χ2v) is 9.66. The molecule has 0 saturated heterocycles. The summed E-state index contributed by atoms with van der Waals surface area (Å²) < 4.78 is 32.0. The van der Waals surface area contributed by atoms with Gasteiger partial charge in [-0.3, -0.25) is 9.59 Å². The van der Waals surface area contributed by atoms with Crippen molar-refractivity contribution in [2.24, 2.45) is 0 Å². The van der Waals surface area contributed by atoms with Crippen molar-refractivity contribution in [1.29, 1.82) is 0 Å². The number of ether oxygens (including phenoxy) is 1. The van der Waals surface area contributed by atoms with Crippen LogP contribution in [-0.2, 0) is 14.8 Å². The lowest BCUT2D eigenvalue weighted by atomic mass is 10.0. The number of hydrogen-bond acceptors (Lipinski definition) is 5. The van der Waals surface area contributed by atoms with Crippen molar-refractivity contribution in [2.45, 2.75) is 18.7 Å². The summed E-state index contributed by atoms with van der Waals surface area (Å²) in [6.07, 6.45) is 0. The molecule has 3 aromatic rings. The molecule has 0 unspecified atom stereocenters. The monoisotopic (exact) mass is 500 g/mol. The minimum atomic E-state index is -3.57. The van der Waals surface area contributed by atoms with Gasteiger partial charge in [0.25, 0.3) is 5.91 Å². The van der Waals surface area contributed by atoms with Crippen LogP contribution in [0.2, 0.25) is 5.02 Å². The lowest BCUT2D eigenvalue weighted by molar-refractivity contribution is -0.118. The molecule has 0 spiro atoms. The number of nitrogens with one attached hydrogen (secondary N) is 1. The van der Waals surface area contributed by atoms with E-state index in [4.69, 9.17) is 16.3 Å². The average Bonchev–Trinajstić information content (AvgIpc) is 2.85. The highest BCUT2D eigenvalue weighted by atomic mass is 35.5. The number of benzene rings is 3. The van der Waals surface area contributed by atoms with Crippen LogP contribution in [0.3, 0.4) is 0 Å². The zero-order valence-corrected chi connectivity index (χ0v) is 20.4. The molecule has 0 atom stereocenters. The summed E-state index contributed by atoms with van der Waals surface area (Å²) in [4.78, 5) is 25.5. The van der Waals surface area contributed by atoms with Gasteiger partial charge < -0.3 is 10.1 Å². The van der Waals surface area contributed by atoms with Crippen LogP contribution >= 0.6 is 11.6 Å². The van der Waals surface area contributed by atoms with E-state index in [0.29, 0.717) is 35.1 Å². The summed E-state index contributed by atoms with van der Waals surface area (Å²) in [6, 6.07) is 19.2. The number of halogens is 1. The summed E-state index contributed by atoms with van der Waals surface area (Å²) in [7, 11) is -3.57. The molecule has 1 N–H and O–H groups in total. The third kappa shape index (κ3) is 6.02. The second-order valence-electron chi connectivity index (χ2n) is 7.28. The molecule has 0 heterocycles. The summed E-state index contributed by atoms with van der Waals surface area (Å²) in [5.74, 6) is -0.418. The van der Waals surface area contributed by atoms with Crippen LogP contribution in [0.25, 0.3) is 0 Å². The fourth-order valence-electron chi connectivity index (χ4n) is 3.31. The molecule has 34 heavy (non-hydrogen) atoms. The Balaban J connectivity index is 1.68. The molecular weight excluding hydrogens is 476 g/mol. The van der Waals surface area contributed by atoms with Crippen molar-refractivity contribution in [1.82, 2.24) is 4.31 Å². The summed E-state index contributed by atoms with van der Waals surface area (Å²) in [5, 5.41) is 3.05. The van der Waals surface area contributed by atoms with Gasteiger partial charge >= 0.3 is 0 Å². The predicted octanol–water partition coefficient (Wildman–Crippen LogP) is 4.62. The number of rotatable bonds is 10. The second kappa shape index (κ2) is 11.3. The number of anilines is 1. The number of carbonyl (C=O) groups excluding carboxylic acids is 2. The van der Waals surface area contributed by atoms with Crippen LogP contribution in [0, 0.1) is 0 Å². The number of sulfonamides is 1. The van der Waals surface area contributed by atoms with Gasteiger partial charge in [0.2, 0.25) is 10.0 Å². The highest BCUT2D eigenvalue weighted by Gasteiger charge is 2.21. The number of carbonyl (C=O) groups is 2. The van der Waals surface area contributed by atoms with E-state index >= 15 is 0 Å². The Kier molecular flexibility index (Phi) is 8.44. The van der Waals surface area contributed by atoms with Gasteiger partial charge in [-0.25, -0.2) is 8.42 Å². The van der Waals surface area contributed by atoms with E-state index in [1.165, 1.54) is 34.6 Å². The van der Waals surface area contributed by atoms with Gasteiger partial charge in [-0.05, 0) is 42.5 Å². The van der Waals surface area contributed by atoms with E-state index in [9.17, 15) is 18.0 Å². The molecule has 0 aromatic heterocycles. The Morgan fingerprint density at radius 2 is 1.59 bits per heavy atom. The Morgan fingerprint density at radius 1 is 0.941 bits per heavy atom. The standard InChI is InChI=1S/C25H25ClN2O5S/c1-3-28(4-2)34(31,32)21-13-11-20(12-14-21)33-17-24(29)27-23-15-10-19(26)16-22(23)25(30)18-8-6-5-7-9-18/h5-16H,3-4,17H2,1-2H3,(H,27,29). The normalized spacial score (nSPS) is 11.3. The van der Waals surface area contributed by atoms with Gasteiger partial charge in [0.05, 0.1) is 10.6 Å².